The molecule has 0 amide bonds. The number of rotatable bonds is 7. The summed E-state index contributed by atoms with van der Waals surface area (Å²) in [5.74, 6) is 0. The summed E-state index contributed by atoms with van der Waals surface area (Å²) in [4.78, 5) is 2.54. The van der Waals surface area contributed by atoms with E-state index in [4.69, 9.17) is 0 Å². The predicted octanol–water partition coefficient (Wildman–Crippen LogP) is 16.9. The molecule has 0 spiro atoms. The number of hydrogen-bond donors (Lipinski definition) is 0. The molecule has 0 saturated carbocycles. The Labute approximate surface area is 384 Å². The lowest BCUT2D eigenvalue weighted by molar-refractivity contribution is 0.714. The maximum absolute atomic E-state index is 2.54. The molecular formula is C63H43NS. The van der Waals surface area contributed by atoms with Crippen molar-refractivity contribution in [2.75, 3.05) is 4.90 Å². The highest BCUT2D eigenvalue weighted by Gasteiger charge is 2.47. The van der Waals surface area contributed by atoms with Crippen LogP contribution in [0.1, 0.15) is 45.9 Å². The number of nitrogens with zero attached hydrogens (tertiary/aromatic N) is 1. The Morgan fingerprint density at radius 1 is 0.354 bits per heavy atom. The van der Waals surface area contributed by atoms with E-state index in [2.05, 4.69) is 254 Å². The summed E-state index contributed by atoms with van der Waals surface area (Å²) in [7, 11) is 0. The van der Waals surface area contributed by atoms with Crippen molar-refractivity contribution in [2.45, 2.75) is 17.8 Å². The molecule has 0 bridgehead atoms. The number of thiophene rings is 1. The van der Waals surface area contributed by atoms with Crippen LogP contribution in [0.5, 0.6) is 0 Å². The molecule has 1 aromatic heterocycles. The van der Waals surface area contributed by atoms with Crippen LogP contribution in [0.4, 0.5) is 17.1 Å². The van der Waals surface area contributed by atoms with E-state index < -0.39 is 5.41 Å². The van der Waals surface area contributed by atoms with Gasteiger partial charge in [-0.05, 0) is 116 Å². The first-order valence-electron chi connectivity index (χ1n) is 22.6. The maximum atomic E-state index is 2.54. The number of fused-ring (bicyclic) bond motifs is 9. The van der Waals surface area contributed by atoms with Gasteiger partial charge in [-0.2, -0.15) is 0 Å². The monoisotopic (exact) mass is 845 g/mol. The van der Waals surface area contributed by atoms with Gasteiger partial charge in [0, 0.05) is 42.5 Å². The molecule has 1 nitrogen and oxygen atoms in total. The fraction of sp³-hybridized carbons (Fsp3) is 0.0476. The van der Waals surface area contributed by atoms with E-state index in [0.29, 0.717) is 0 Å². The average molecular weight is 846 g/mol. The molecule has 0 N–H and O–H groups in total. The van der Waals surface area contributed by atoms with Crippen LogP contribution in [0, 0.1) is 0 Å². The Hall–Kier alpha value is -7.78. The molecule has 1 heterocycles. The third-order valence-corrected chi connectivity index (χ3v) is 15.6. The van der Waals surface area contributed by atoms with E-state index in [1.807, 2.05) is 11.3 Å². The highest BCUT2D eigenvalue weighted by atomic mass is 32.1. The van der Waals surface area contributed by atoms with Crippen molar-refractivity contribution < 1.29 is 0 Å². The van der Waals surface area contributed by atoms with Crippen molar-refractivity contribution in [3.8, 4) is 33.4 Å². The zero-order valence-corrected chi connectivity index (χ0v) is 36.8. The van der Waals surface area contributed by atoms with Gasteiger partial charge >= 0.3 is 0 Å². The van der Waals surface area contributed by atoms with E-state index in [-0.39, 0.29) is 5.41 Å². The van der Waals surface area contributed by atoms with Gasteiger partial charge in [-0.1, -0.05) is 200 Å². The van der Waals surface area contributed by atoms with Crippen molar-refractivity contribution in [3.63, 3.8) is 0 Å². The molecule has 2 aliphatic rings. The van der Waals surface area contributed by atoms with Gasteiger partial charge in [0.1, 0.15) is 0 Å². The molecule has 2 aliphatic carbocycles. The van der Waals surface area contributed by atoms with Gasteiger partial charge in [-0.3, -0.25) is 0 Å². The average Bonchev–Trinajstić information content (AvgIpc) is 3.99. The number of benzene rings is 10. The van der Waals surface area contributed by atoms with E-state index >= 15 is 0 Å². The van der Waals surface area contributed by atoms with E-state index in [1.165, 1.54) is 92.5 Å². The third kappa shape index (κ3) is 5.51. The molecule has 0 saturated heterocycles. The molecule has 1 atom stereocenters. The summed E-state index contributed by atoms with van der Waals surface area (Å²) in [6, 6.07) is 90.5. The van der Waals surface area contributed by atoms with Crippen molar-refractivity contribution >= 4 is 48.6 Å². The molecule has 65 heavy (non-hydrogen) atoms. The lowest BCUT2D eigenvalue weighted by Gasteiger charge is -2.35. The zero-order chi connectivity index (χ0) is 43.1. The molecule has 13 rings (SSSR count). The normalized spacial score (nSPS) is 15.3. The van der Waals surface area contributed by atoms with E-state index in [9.17, 15) is 0 Å². The van der Waals surface area contributed by atoms with Crippen molar-refractivity contribution in [1.82, 2.24) is 0 Å². The number of hydrogen-bond acceptors (Lipinski definition) is 2. The van der Waals surface area contributed by atoms with Gasteiger partial charge in [0.05, 0.1) is 11.1 Å². The van der Waals surface area contributed by atoms with Gasteiger partial charge in [0.25, 0.3) is 0 Å². The summed E-state index contributed by atoms with van der Waals surface area (Å²) >= 11 is 1.87. The van der Waals surface area contributed by atoms with Crippen LogP contribution in [0.3, 0.4) is 0 Å². The maximum Gasteiger partial charge on any atom is 0.0714 e. The molecule has 10 aromatic carbocycles. The first kappa shape index (κ1) is 37.7. The van der Waals surface area contributed by atoms with Crippen molar-refractivity contribution in [1.29, 1.82) is 0 Å². The predicted molar refractivity (Wildman–Crippen MR) is 274 cm³/mol. The Morgan fingerprint density at radius 2 is 0.923 bits per heavy atom. The summed E-state index contributed by atoms with van der Waals surface area (Å²) in [6.07, 6.45) is 0. The van der Waals surface area contributed by atoms with E-state index in [1.54, 1.807) is 0 Å². The van der Waals surface area contributed by atoms with Gasteiger partial charge in [-0.15, -0.1) is 11.3 Å². The Kier molecular flexibility index (Phi) is 8.50. The molecule has 11 aromatic rings. The lowest BCUT2D eigenvalue weighted by atomic mass is 9.67. The van der Waals surface area contributed by atoms with Crippen LogP contribution in [0.15, 0.2) is 243 Å². The summed E-state index contributed by atoms with van der Waals surface area (Å²) in [5.41, 5.74) is 19.0. The third-order valence-electron chi connectivity index (χ3n) is 14.4. The highest BCUT2D eigenvalue weighted by molar-refractivity contribution is 7.25. The van der Waals surface area contributed by atoms with Crippen LogP contribution in [-0.2, 0) is 10.8 Å². The Morgan fingerprint density at radius 3 is 1.69 bits per heavy atom. The summed E-state index contributed by atoms with van der Waals surface area (Å²) < 4.78 is 2.63. The fourth-order valence-electron chi connectivity index (χ4n) is 11.5. The molecular weight excluding hydrogens is 803 g/mol. The molecule has 0 aliphatic heterocycles. The van der Waals surface area contributed by atoms with Crippen LogP contribution in [-0.4, -0.2) is 0 Å². The van der Waals surface area contributed by atoms with Gasteiger partial charge in [-0.25, -0.2) is 0 Å². The number of anilines is 3. The summed E-state index contributed by atoms with van der Waals surface area (Å²) in [5, 5.41) is 2.63. The second-order valence-electron chi connectivity index (χ2n) is 17.7. The quantitative estimate of drug-likeness (QED) is 0.154. The van der Waals surface area contributed by atoms with Gasteiger partial charge < -0.3 is 4.90 Å². The second kappa shape index (κ2) is 14.6. The molecule has 306 valence electrons. The first-order chi connectivity index (χ1) is 32.1. The fourth-order valence-corrected chi connectivity index (χ4v) is 12.7. The Balaban J connectivity index is 1.08. The molecule has 1 unspecified atom stereocenters. The van der Waals surface area contributed by atoms with Crippen LogP contribution >= 0.6 is 11.3 Å². The topological polar surface area (TPSA) is 3.24 Å². The molecule has 0 radical (unpaired) electrons. The highest BCUT2D eigenvalue weighted by Crippen LogP contribution is 2.60. The minimum Gasteiger partial charge on any atom is -0.310 e. The molecule has 2 heteroatoms. The molecule has 0 fully saturated rings. The second-order valence-corrected chi connectivity index (χ2v) is 18.8. The first-order valence-corrected chi connectivity index (χ1v) is 23.4. The van der Waals surface area contributed by atoms with Crippen molar-refractivity contribution in [3.05, 3.63) is 282 Å². The van der Waals surface area contributed by atoms with Crippen LogP contribution in [0.25, 0.3) is 53.6 Å². The lowest BCUT2D eigenvalue weighted by Crippen LogP contribution is -2.28. The van der Waals surface area contributed by atoms with Gasteiger partial charge in [0.15, 0.2) is 0 Å². The van der Waals surface area contributed by atoms with Gasteiger partial charge in [0.2, 0.25) is 0 Å². The van der Waals surface area contributed by atoms with E-state index in [0.717, 1.165) is 17.1 Å². The minimum atomic E-state index is -0.533. The zero-order valence-electron chi connectivity index (χ0n) is 35.9. The Bertz CT molecular complexity index is 3580. The summed E-state index contributed by atoms with van der Waals surface area (Å²) in [6.45, 7) is 2.41. The van der Waals surface area contributed by atoms with Crippen molar-refractivity contribution in [2.24, 2.45) is 0 Å². The SMILES string of the molecule is CC1(c2ccccc2)c2ccccc2-c2c(N(c3cccc(-c4ccc5c(c4)sc4ccccc45)c3)c3ccc4c(c3)C(c3ccccc3)(c3ccccc3)c3ccccc3-4)cccc21. The standard InChI is InChI=1S/C63H43NS/c1-62(44-20-5-2-6-21-44)54-30-14-12-29-53(54)61-56(62)32-18-33-58(61)64(47-26-17-19-42(39-47)43-35-37-52-51-28-13-16-34-59(51)65-60(52)40-43)48-36-38-50-49-27-11-15-31-55(49)63(57(50)41-48,45-22-7-3-8-23-45)46-24-9-4-10-25-46/h2-41H,1H3. The van der Waals surface area contributed by atoms with Crippen LogP contribution in [0.2, 0.25) is 0 Å². The largest absolute Gasteiger partial charge is 0.310 e. The smallest absolute Gasteiger partial charge is 0.0714 e. The minimum absolute atomic E-state index is 0.342. The van der Waals surface area contributed by atoms with Crippen LogP contribution < -0.4 is 4.90 Å².